The van der Waals surface area contributed by atoms with Crippen LogP contribution in [0.15, 0.2) is 0 Å². The minimum atomic E-state index is -0.909. The molecule has 0 saturated heterocycles. The van der Waals surface area contributed by atoms with Crippen LogP contribution < -0.4 is 16.4 Å². The van der Waals surface area contributed by atoms with E-state index < -0.39 is 18.1 Å². The molecule has 0 aliphatic heterocycles. The highest BCUT2D eigenvalue weighted by Crippen LogP contribution is 1.76. The maximum absolute atomic E-state index is 11.0. The molecule has 0 spiro atoms. The van der Waals surface area contributed by atoms with Crippen molar-refractivity contribution < 1.29 is 23.9 Å². The Morgan fingerprint density at radius 1 is 1.19 bits per heavy atom. The number of hydrogen-bond donors (Lipinski definition) is 3. The molecule has 0 bridgehead atoms. The van der Waals surface area contributed by atoms with Gasteiger partial charge in [0, 0.05) is 0 Å². The monoisotopic (exact) mass is 233 g/mol. The Morgan fingerprint density at radius 3 is 2.44 bits per heavy atom. The number of esters is 1. The Hall–Kier alpha value is -1.99. The molecule has 8 heteroatoms. The maximum atomic E-state index is 11.0. The Morgan fingerprint density at radius 2 is 1.88 bits per heavy atom. The van der Waals surface area contributed by atoms with Gasteiger partial charge < -0.3 is 25.8 Å². The fourth-order valence-corrected chi connectivity index (χ4v) is 0.743. The molecule has 3 amide bonds. The van der Waals surface area contributed by atoms with Crippen molar-refractivity contribution in [3.8, 4) is 0 Å². The lowest BCUT2D eigenvalue weighted by Crippen LogP contribution is -2.40. The predicted octanol–water partition coefficient (Wildman–Crippen LogP) is -1.06. The minimum absolute atomic E-state index is 0.0256. The van der Waals surface area contributed by atoms with E-state index in [0.717, 1.165) is 0 Å². The van der Waals surface area contributed by atoms with Crippen LogP contribution in [0.2, 0.25) is 0 Å². The molecular weight excluding hydrogens is 218 g/mol. The topological polar surface area (TPSA) is 120 Å². The third-order valence-corrected chi connectivity index (χ3v) is 1.33. The van der Waals surface area contributed by atoms with Crippen molar-refractivity contribution in [2.45, 2.75) is 6.92 Å². The average Bonchev–Trinajstić information content (AvgIpc) is 2.22. The highest BCUT2D eigenvalue weighted by atomic mass is 16.5. The van der Waals surface area contributed by atoms with E-state index in [-0.39, 0.29) is 26.3 Å². The van der Waals surface area contributed by atoms with Gasteiger partial charge in [0.15, 0.2) is 0 Å². The first-order valence-corrected chi connectivity index (χ1v) is 4.65. The fraction of sp³-hybridized carbons (Fsp3) is 0.625. The number of ether oxygens (including phenoxy) is 2. The van der Waals surface area contributed by atoms with E-state index in [1.54, 1.807) is 6.92 Å². The first-order valence-electron chi connectivity index (χ1n) is 4.65. The number of nitrogens with one attached hydrogen (secondary N) is 2. The molecule has 0 aromatic rings. The molecule has 0 aromatic carbocycles. The number of urea groups is 1. The molecule has 0 atom stereocenters. The molecule has 0 aliphatic rings. The van der Waals surface area contributed by atoms with Gasteiger partial charge in [-0.05, 0) is 6.92 Å². The second kappa shape index (κ2) is 8.33. The molecule has 8 nitrogen and oxygen atoms in total. The minimum Gasteiger partial charge on any atom is -0.465 e. The van der Waals surface area contributed by atoms with Gasteiger partial charge in [0.25, 0.3) is 0 Å². The van der Waals surface area contributed by atoms with Crippen LogP contribution in [0.4, 0.5) is 9.59 Å². The van der Waals surface area contributed by atoms with Crippen LogP contribution in [-0.2, 0) is 14.3 Å². The lowest BCUT2D eigenvalue weighted by Gasteiger charge is -2.06. The maximum Gasteiger partial charge on any atom is 0.404 e. The number of nitrogens with two attached hydrogens (primary N) is 1. The normalized spacial score (nSPS) is 9.06. The SMILES string of the molecule is CCOC(=O)CNC(=O)NCCOC(N)=O. The zero-order valence-electron chi connectivity index (χ0n) is 8.95. The fourth-order valence-electron chi connectivity index (χ4n) is 0.743. The number of primary amides is 1. The number of hydrogen-bond acceptors (Lipinski definition) is 5. The Labute approximate surface area is 92.4 Å². The summed E-state index contributed by atoms with van der Waals surface area (Å²) in [4.78, 5) is 32.0. The van der Waals surface area contributed by atoms with Crippen molar-refractivity contribution in [2.75, 3.05) is 26.3 Å². The van der Waals surface area contributed by atoms with Crippen LogP contribution in [0, 0.1) is 0 Å². The van der Waals surface area contributed by atoms with Crippen molar-refractivity contribution in [2.24, 2.45) is 5.73 Å². The zero-order chi connectivity index (χ0) is 12.4. The first kappa shape index (κ1) is 14.0. The van der Waals surface area contributed by atoms with Crippen LogP contribution in [0.3, 0.4) is 0 Å². The molecule has 16 heavy (non-hydrogen) atoms. The van der Waals surface area contributed by atoms with Crippen LogP contribution in [0.5, 0.6) is 0 Å². The van der Waals surface area contributed by atoms with E-state index in [0.29, 0.717) is 0 Å². The van der Waals surface area contributed by atoms with Crippen molar-refractivity contribution in [3.63, 3.8) is 0 Å². The summed E-state index contributed by atoms with van der Waals surface area (Å²) in [6.45, 7) is 1.80. The largest absolute Gasteiger partial charge is 0.465 e. The lowest BCUT2D eigenvalue weighted by molar-refractivity contribution is -0.141. The van der Waals surface area contributed by atoms with Gasteiger partial charge in [0.1, 0.15) is 13.2 Å². The third-order valence-electron chi connectivity index (χ3n) is 1.33. The Kier molecular flexibility index (Phi) is 7.29. The van der Waals surface area contributed by atoms with Gasteiger partial charge in [-0.3, -0.25) is 4.79 Å². The zero-order valence-corrected chi connectivity index (χ0v) is 8.95. The number of carbonyl (C=O) groups is 3. The lowest BCUT2D eigenvalue weighted by atomic mass is 10.6. The highest BCUT2D eigenvalue weighted by molar-refractivity contribution is 5.80. The van der Waals surface area contributed by atoms with E-state index >= 15 is 0 Å². The quantitative estimate of drug-likeness (QED) is 0.399. The van der Waals surface area contributed by atoms with Crippen molar-refractivity contribution in [1.29, 1.82) is 0 Å². The van der Waals surface area contributed by atoms with Gasteiger partial charge in [-0.2, -0.15) is 0 Å². The summed E-state index contributed by atoms with van der Waals surface area (Å²) in [5.74, 6) is -0.522. The third kappa shape index (κ3) is 8.60. The molecule has 0 aromatic heterocycles. The van der Waals surface area contributed by atoms with Gasteiger partial charge in [-0.25, -0.2) is 9.59 Å². The number of carbonyl (C=O) groups excluding carboxylic acids is 3. The van der Waals surface area contributed by atoms with Crippen molar-refractivity contribution in [1.82, 2.24) is 10.6 Å². The summed E-state index contributed by atoms with van der Waals surface area (Å²) >= 11 is 0. The summed E-state index contributed by atoms with van der Waals surface area (Å²) in [6.07, 6.45) is -0.909. The molecule has 0 radical (unpaired) electrons. The molecule has 0 aliphatic carbocycles. The smallest absolute Gasteiger partial charge is 0.404 e. The van der Waals surface area contributed by atoms with Crippen LogP contribution >= 0.6 is 0 Å². The summed E-state index contributed by atoms with van der Waals surface area (Å²) in [5.41, 5.74) is 4.69. The summed E-state index contributed by atoms with van der Waals surface area (Å²) in [5, 5.41) is 4.60. The van der Waals surface area contributed by atoms with Gasteiger partial charge in [0.05, 0.1) is 13.2 Å². The molecular formula is C8H15N3O5. The first-order chi connectivity index (χ1) is 7.56. The Bertz CT molecular complexity index is 256. The van der Waals surface area contributed by atoms with Gasteiger partial charge in [-0.15, -0.1) is 0 Å². The van der Waals surface area contributed by atoms with E-state index in [1.165, 1.54) is 0 Å². The van der Waals surface area contributed by atoms with Gasteiger partial charge in [0.2, 0.25) is 0 Å². The molecule has 0 unspecified atom stereocenters. The molecule has 0 heterocycles. The van der Waals surface area contributed by atoms with Crippen LogP contribution in [0.25, 0.3) is 0 Å². The van der Waals surface area contributed by atoms with Gasteiger partial charge >= 0.3 is 18.1 Å². The average molecular weight is 233 g/mol. The Balaban J connectivity index is 3.44. The molecule has 4 N–H and O–H groups in total. The van der Waals surface area contributed by atoms with Gasteiger partial charge in [-0.1, -0.05) is 0 Å². The number of amides is 3. The van der Waals surface area contributed by atoms with E-state index in [1.807, 2.05) is 0 Å². The summed E-state index contributed by atoms with van der Waals surface area (Å²) in [6, 6.07) is -0.555. The standard InChI is InChI=1S/C8H15N3O5/c1-2-15-6(12)5-11-8(14)10-3-4-16-7(9)13/h2-5H2,1H3,(H2,9,13)(H2,10,11,14). The van der Waals surface area contributed by atoms with Crippen molar-refractivity contribution in [3.05, 3.63) is 0 Å². The molecule has 0 rings (SSSR count). The molecule has 92 valence electrons. The van der Waals surface area contributed by atoms with Crippen LogP contribution in [-0.4, -0.2) is 44.4 Å². The van der Waals surface area contributed by atoms with Crippen molar-refractivity contribution >= 4 is 18.1 Å². The molecule has 0 saturated carbocycles. The van der Waals surface area contributed by atoms with Crippen LogP contribution in [0.1, 0.15) is 6.92 Å². The molecule has 0 fully saturated rings. The second-order valence-corrected chi connectivity index (χ2v) is 2.58. The highest BCUT2D eigenvalue weighted by Gasteiger charge is 2.04. The summed E-state index contributed by atoms with van der Waals surface area (Å²) < 4.78 is 8.94. The number of rotatable bonds is 6. The van der Waals surface area contributed by atoms with E-state index in [9.17, 15) is 14.4 Å². The van der Waals surface area contributed by atoms with E-state index in [2.05, 4.69) is 20.1 Å². The summed E-state index contributed by atoms with van der Waals surface area (Å²) in [7, 11) is 0. The predicted molar refractivity (Wildman–Crippen MR) is 53.6 cm³/mol. The van der Waals surface area contributed by atoms with E-state index in [4.69, 9.17) is 5.73 Å². The second-order valence-electron chi connectivity index (χ2n) is 2.58.